The van der Waals surface area contributed by atoms with Gasteiger partial charge in [-0.05, 0) is 24.3 Å². The molecule has 0 aliphatic rings. The van der Waals surface area contributed by atoms with Gasteiger partial charge in [0.05, 0.1) is 6.10 Å². The van der Waals surface area contributed by atoms with Crippen molar-refractivity contribution in [3.63, 3.8) is 0 Å². The van der Waals surface area contributed by atoms with Gasteiger partial charge in [-0.1, -0.05) is 31.2 Å². The lowest BCUT2D eigenvalue weighted by Gasteiger charge is -2.16. The Morgan fingerprint density at radius 3 is 2.72 bits per heavy atom. The van der Waals surface area contributed by atoms with Crippen LogP contribution >= 0.6 is 11.8 Å². The highest BCUT2D eigenvalue weighted by atomic mass is 32.2. The van der Waals surface area contributed by atoms with E-state index in [0.29, 0.717) is 0 Å². The van der Waals surface area contributed by atoms with Crippen LogP contribution in [0, 0.1) is 12.8 Å². The summed E-state index contributed by atoms with van der Waals surface area (Å²) in [6.45, 7) is 4.12. The molecule has 0 saturated heterocycles. The van der Waals surface area contributed by atoms with Crippen molar-refractivity contribution in [2.24, 2.45) is 5.92 Å². The first kappa shape index (κ1) is 15.1. The molecule has 4 heteroatoms. The molecule has 1 amide bonds. The van der Waals surface area contributed by atoms with Crippen LogP contribution in [0.2, 0.25) is 0 Å². The van der Waals surface area contributed by atoms with Gasteiger partial charge in [0.25, 0.3) is 0 Å². The number of carbonyl (C=O) groups excluding carboxylic acids is 1. The minimum atomic E-state index is -0.642. The Bertz CT molecular complexity index is 395. The van der Waals surface area contributed by atoms with E-state index in [1.807, 2.05) is 44.4 Å². The maximum absolute atomic E-state index is 11.7. The van der Waals surface area contributed by atoms with Gasteiger partial charge in [0.15, 0.2) is 0 Å². The quantitative estimate of drug-likeness (QED) is 0.830. The summed E-state index contributed by atoms with van der Waals surface area (Å²) in [6.07, 6.45) is 1.34. The summed E-state index contributed by atoms with van der Waals surface area (Å²) in [4.78, 5) is 11.7. The van der Waals surface area contributed by atoms with E-state index in [9.17, 15) is 9.90 Å². The number of amides is 1. The van der Waals surface area contributed by atoms with Crippen molar-refractivity contribution in [1.82, 2.24) is 5.32 Å². The number of rotatable bonds is 6. The Balaban J connectivity index is 2.49. The number of benzene rings is 1. The molecule has 1 rings (SSSR count). The zero-order chi connectivity index (χ0) is 13.5. The van der Waals surface area contributed by atoms with Crippen molar-refractivity contribution in [1.29, 1.82) is 0 Å². The summed E-state index contributed by atoms with van der Waals surface area (Å²) in [5, 5.41) is 12.8. The SMILES string of the molecule is CSCC(C)C(=O)NCC(O)c1ccccc1C. The van der Waals surface area contributed by atoms with E-state index in [0.717, 1.165) is 16.9 Å². The number of hydrogen-bond acceptors (Lipinski definition) is 3. The first-order chi connectivity index (χ1) is 8.56. The van der Waals surface area contributed by atoms with Crippen LogP contribution in [0.1, 0.15) is 24.2 Å². The molecule has 0 radical (unpaired) electrons. The summed E-state index contributed by atoms with van der Waals surface area (Å²) in [7, 11) is 0. The molecular weight excluding hydrogens is 246 g/mol. The predicted molar refractivity (Wildman–Crippen MR) is 76.7 cm³/mol. The maximum atomic E-state index is 11.7. The highest BCUT2D eigenvalue weighted by Gasteiger charge is 2.15. The molecule has 0 aliphatic carbocycles. The highest BCUT2D eigenvalue weighted by Crippen LogP contribution is 2.16. The zero-order valence-electron chi connectivity index (χ0n) is 11.1. The van der Waals surface area contributed by atoms with Crippen LogP contribution in [0.3, 0.4) is 0 Å². The number of carbonyl (C=O) groups is 1. The fraction of sp³-hybridized carbons (Fsp3) is 0.500. The topological polar surface area (TPSA) is 49.3 Å². The minimum Gasteiger partial charge on any atom is -0.387 e. The Morgan fingerprint density at radius 1 is 1.44 bits per heavy atom. The average Bonchev–Trinajstić information content (AvgIpc) is 2.36. The van der Waals surface area contributed by atoms with Crippen molar-refractivity contribution in [3.8, 4) is 0 Å². The molecule has 0 spiro atoms. The standard InChI is InChI=1S/C14H21NO2S/c1-10-6-4-5-7-12(10)13(16)8-15-14(17)11(2)9-18-3/h4-7,11,13,16H,8-9H2,1-3H3,(H,15,17). The molecular formula is C14H21NO2S. The lowest BCUT2D eigenvalue weighted by molar-refractivity contribution is -0.124. The molecule has 18 heavy (non-hydrogen) atoms. The number of aliphatic hydroxyl groups is 1. The largest absolute Gasteiger partial charge is 0.387 e. The van der Waals surface area contributed by atoms with Crippen LogP contribution in [0.5, 0.6) is 0 Å². The van der Waals surface area contributed by atoms with Crippen LogP contribution in [0.4, 0.5) is 0 Å². The van der Waals surface area contributed by atoms with Gasteiger partial charge in [0.1, 0.15) is 0 Å². The molecule has 2 atom stereocenters. The molecule has 0 aromatic heterocycles. The molecule has 100 valence electrons. The van der Waals surface area contributed by atoms with Gasteiger partial charge in [-0.2, -0.15) is 11.8 Å². The Hall–Kier alpha value is -1.00. The monoisotopic (exact) mass is 267 g/mol. The second kappa shape index (κ2) is 7.44. The molecule has 1 aromatic rings. The molecule has 0 bridgehead atoms. The first-order valence-corrected chi connectivity index (χ1v) is 7.46. The van der Waals surface area contributed by atoms with Crippen LogP contribution in [0.15, 0.2) is 24.3 Å². The molecule has 2 unspecified atom stereocenters. The number of nitrogens with one attached hydrogen (secondary N) is 1. The normalized spacial score (nSPS) is 14.0. The third kappa shape index (κ3) is 4.35. The minimum absolute atomic E-state index is 0.00279. The van der Waals surface area contributed by atoms with Gasteiger partial charge in [0.2, 0.25) is 5.91 Å². The smallest absolute Gasteiger partial charge is 0.223 e. The van der Waals surface area contributed by atoms with Gasteiger partial charge in [0, 0.05) is 18.2 Å². The molecule has 3 nitrogen and oxygen atoms in total. The Morgan fingerprint density at radius 2 is 2.11 bits per heavy atom. The van der Waals surface area contributed by atoms with Crippen molar-refractivity contribution in [3.05, 3.63) is 35.4 Å². The third-order valence-electron chi connectivity index (χ3n) is 2.88. The lowest BCUT2D eigenvalue weighted by atomic mass is 10.0. The van der Waals surface area contributed by atoms with Crippen molar-refractivity contribution >= 4 is 17.7 Å². The van der Waals surface area contributed by atoms with E-state index in [-0.39, 0.29) is 18.4 Å². The molecule has 0 heterocycles. The maximum Gasteiger partial charge on any atom is 0.223 e. The number of hydrogen-bond donors (Lipinski definition) is 2. The molecule has 0 aliphatic heterocycles. The van der Waals surface area contributed by atoms with E-state index in [1.54, 1.807) is 11.8 Å². The van der Waals surface area contributed by atoms with Crippen LogP contribution in [0.25, 0.3) is 0 Å². The fourth-order valence-corrected chi connectivity index (χ4v) is 2.42. The van der Waals surface area contributed by atoms with E-state index in [2.05, 4.69) is 5.32 Å². The van der Waals surface area contributed by atoms with E-state index >= 15 is 0 Å². The fourth-order valence-electron chi connectivity index (χ4n) is 1.77. The third-order valence-corrected chi connectivity index (χ3v) is 3.71. The average molecular weight is 267 g/mol. The predicted octanol–water partition coefficient (Wildman–Crippen LogP) is 2.14. The van der Waals surface area contributed by atoms with Gasteiger partial charge in [-0.25, -0.2) is 0 Å². The number of aliphatic hydroxyl groups excluding tert-OH is 1. The van der Waals surface area contributed by atoms with Gasteiger partial charge >= 0.3 is 0 Å². The summed E-state index contributed by atoms with van der Waals surface area (Å²) in [6, 6.07) is 7.67. The Kier molecular flexibility index (Phi) is 6.22. The van der Waals surface area contributed by atoms with Crippen LogP contribution in [-0.4, -0.2) is 29.6 Å². The van der Waals surface area contributed by atoms with Crippen LogP contribution < -0.4 is 5.32 Å². The lowest BCUT2D eigenvalue weighted by Crippen LogP contribution is -2.33. The molecule has 0 fully saturated rings. The van der Waals surface area contributed by atoms with E-state index in [4.69, 9.17) is 0 Å². The van der Waals surface area contributed by atoms with Gasteiger partial charge in [-0.3, -0.25) is 4.79 Å². The van der Waals surface area contributed by atoms with Gasteiger partial charge < -0.3 is 10.4 Å². The van der Waals surface area contributed by atoms with E-state index in [1.165, 1.54) is 0 Å². The summed E-state index contributed by atoms with van der Waals surface area (Å²) in [5.41, 5.74) is 1.91. The molecule has 0 saturated carbocycles. The molecule has 2 N–H and O–H groups in total. The second-order valence-corrected chi connectivity index (χ2v) is 5.38. The zero-order valence-corrected chi connectivity index (χ0v) is 12.0. The highest BCUT2D eigenvalue weighted by molar-refractivity contribution is 7.98. The number of thioether (sulfide) groups is 1. The summed E-state index contributed by atoms with van der Waals surface area (Å²) >= 11 is 1.65. The van der Waals surface area contributed by atoms with E-state index < -0.39 is 6.10 Å². The number of aryl methyl sites for hydroxylation is 1. The van der Waals surface area contributed by atoms with Gasteiger partial charge in [-0.15, -0.1) is 0 Å². The summed E-state index contributed by atoms with van der Waals surface area (Å²) in [5.74, 6) is 0.771. The first-order valence-electron chi connectivity index (χ1n) is 6.06. The van der Waals surface area contributed by atoms with Crippen LogP contribution in [-0.2, 0) is 4.79 Å². The van der Waals surface area contributed by atoms with Crippen molar-refractivity contribution in [2.45, 2.75) is 20.0 Å². The van der Waals surface area contributed by atoms with Crippen molar-refractivity contribution in [2.75, 3.05) is 18.6 Å². The van der Waals surface area contributed by atoms with Crippen molar-refractivity contribution < 1.29 is 9.90 Å². The second-order valence-electron chi connectivity index (χ2n) is 4.47. The molecule has 1 aromatic carbocycles. The summed E-state index contributed by atoms with van der Waals surface area (Å²) < 4.78 is 0. The Labute approximate surface area is 113 Å².